The summed E-state index contributed by atoms with van der Waals surface area (Å²) in [5.41, 5.74) is 0.766. The van der Waals surface area contributed by atoms with E-state index >= 15 is 0 Å². The summed E-state index contributed by atoms with van der Waals surface area (Å²) >= 11 is 11.8. The molecule has 0 bridgehead atoms. The van der Waals surface area contributed by atoms with Gasteiger partial charge in [-0.1, -0.05) is 30.1 Å². The molecule has 1 aromatic carbocycles. The van der Waals surface area contributed by atoms with Crippen molar-refractivity contribution in [3.63, 3.8) is 0 Å². The Morgan fingerprint density at radius 3 is 2.76 bits per heavy atom. The second-order valence-corrected chi connectivity index (χ2v) is 5.74. The fourth-order valence-corrected chi connectivity index (χ4v) is 2.94. The molecule has 0 radical (unpaired) electrons. The monoisotopic (exact) mass is 273 g/mol. The Balaban J connectivity index is 1.99. The van der Waals surface area contributed by atoms with E-state index in [9.17, 15) is 5.11 Å². The van der Waals surface area contributed by atoms with E-state index < -0.39 is 0 Å². The number of benzene rings is 1. The lowest BCUT2D eigenvalue weighted by atomic mass is 10.1. The molecule has 2 unspecified atom stereocenters. The third-order valence-electron chi connectivity index (χ3n) is 3.38. The highest BCUT2D eigenvalue weighted by Crippen LogP contribution is 2.31. The minimum Gasteiger partial charge on any atom is -0.506 e. The first-order valence-electron chi connectivity index (χ1n) is 5.96. The van der Waals surface area contributed by atoms with E-state index in [4.69, 9.17) is 23.2 Å². The molecule has 1 aliphatic carbocycles. The molecule has 0 aromatic heterocycles. The van der Waals surface area contributed by atoms with E-state index in [0.717, 1.165) is 11.5 Å². The topological polar surface area (TPSA) is 32.3 Å². The Morgan fingerprint density at radius 2 is 2.12 bits per heavy atom. The zero-order valence-corrected chi connectivity index (χ0v) is 11.4. The van der Waals surface area contributed by atoms with Crippen molar-refractivity contribution in [2.24, 2.45) is 5.92 Å². The number of phenolic OH excluding ortho intramolecular Hbond substituents is 1. The van der Waals surface area contributed by atoms with Crippen molar-refractivity contribution in [1.29, 1.82) is 0 Å². The summed E-state index contributed by atoms with van der Waals surface area (Å²) in [5.74, 6) is 0.929. The Bertz CT molecular complexity index is 409. The van der Waals surface area contributed by atoms with Crippen molar-refractivity contribution in [1.82, 2.24) is 5.32 Å². The van der Waals surface area contributed by atoms with Gasteiger partial charge in [-0.25, -0.2) is 0 Å². The smallest absolute Gasteiger partial charge is 0.138 e. The molecule has 2 N–H and O–H groups in total. The molecule has 0 saturated heterocycles. The third-order valence-corrected chi connectivity index (χ3v) is 3.89. The highest BCUT2D eigenvalue weighted by molar-refractivity contribution is 6.35. The van der Waals surface area contributed by atoms with Crippen LogP contribution in [-0.4, -0.2) is 11.1 Å². The van der Waals surface area contributed by atoms with Crippen LogP contribution in [0, 0.1) is 5.92 Å². The molecule has 0 amide bonds. The molecule has 2 rings (SSSR count). The van der Waals surface area contributed by atoms with E-state index in [1.807, 2.05) is 0 Å². The summed E-state index contributed by atoms with van der Waals surface area (Å²) in [6.45, 7) is 2.89. The maximum atomic E-state index is 9.82. The first-order valence-corrected chi connectivity index (χ1v) is 6.72. The fraction of sp³-hybridized carbons (Fsp3) is 0.538. The van der Waals surface area contributed by atoms with Crippen LogP contribution in [0.25, 0.3) is 0 Å². The average Bonchev–Trinajstić information content (AvgIpc) is 2.67. The predicted octanol–water partition coefficient (Wildman–Crippen LogP) is 3.98. The number of phenols is 1. The van der Waals surface area contributed by atoms with Crippen LogP contribution in [0.4, 0.5) is 0 Å². The van der Waals surface area contributed by atoms with Gasteiger partial charge in [-0.15, -0.1) is 0 Å². The normalized spacial score (nSPS) is 24.2. The summed E-state index contributed by atoms with van der Waals surface area (Å²) < 4.78 is 0. The summed E-state index contributed by atoms with van der Waals surface area (Å²) in [4.78, 5) is 0. The minimum atomic E-state index is 0.134. The quantitative estimate of drug-likeness (QED) is 0.873. The van der Waals surface area contributed by atoms with Crippen LogP contribution >= 0.6 is 23.2 Å². The Kier molecular flexibility index (Phi) is 4.18. The summed E-state index contributed by atoms with van der Waals surface area (Å²) in [6, 6.07) is 3.86. The highest BCUT2D eigenvalue weighted by Gasteiger charge is 2.21. The van der Waals surface area contributed by atoms with Crippen LogP contribution in [0.2, 0.25) is 10.0 Å². The minimum absolute atomic E-state index is 0.134. The third kappa shape index (κ3) is 3.27. The van der Waals surface area contributed by atoms with Gasteiger partial charge in [-0.05, 0) is 37.3 Å². The van der Waals surface area contributed by atoms with Crippen molar-refractivity contribution in [3.05, 3.63) is 27.7 Å². The van der Waals surface area contributed by atoms with Crippen molar-refractivity contribution in [2.45, 2.75) is 38.8 Å². The van der Waals surface area contributed by atoms with Crippen LogP contribution in [0.3, 0.4) is 0 Å². The van der Waals surface area contributed by atoms with E-state index in [1.54, 1.807) is 12.1 Å². The van der Waals surface area contributed by atoms with E-state index in [0.29, 0.717) is 22.6 Å². The predicted molar refractivity (Wildman–Crippen MR) is 71.8 cm³/mol. The molecule has 1 fully saturated rings. The average molecular weight is 274 g/mol. The summed E-state index contributed by atoms with van der Waals surface area (Å²) in [7, 11) is 0. The van der Waals surface area contributed by atoms with E-state index in [-0.39, 0.29) is 5.75 Å². The Hall–Kier alpha value is -0.440. The number of nitrogens with one attached hydrogen (secondary N) is 1. The first kappa shape index (κ1) is 13.0. The van der Waals surface area contributed by atoms with Crippen molar-refractivity contribution in [3.8, 4) is 5.75 Å². The van der Waals surface area contributed by atoms with Gasteiger partial charge in [0.2, 0.25) is 0 Å². The van der Waals surface area contributed by atoms with Gasteiger partial charge in [0.15, 0.2) is 0 Å². The van der Waals surface area contributed by atoms with Crippen molar-refractivity contribution < 1.29 is 5.11 Å². The molecule has 2 nitrogen and oxygen atoms in total. The SMILES string of the molecule is CC1CCC(NCc2cc(Cl)cc(Cl)c2O)C1. The molecule has 2 atom stereocenters. The van der Waals surface area contributed by atoms with Gasteiger partial charge < -0.3 is 10.4 Å². The van der Waals surface area contributed by atoms with Gasteiger partial charge >= 0.3 is 0 Å². The van der Waals surface area contributed by atoms with Crippen molar-refractivity contribution in [2.75, 3.05) is 0 Å². The fourth-order valence-electron chi connectivity index (χ4n) is 2.40. The standard InChI is InChI=1S/C13H17Cl2NO/c1-8-2-3-11(4-8)16-7-9-5-10(14)6-12(15)13(9)17/h5-6,8,11,16-17H,2-4,7H2,1H3. The van der Waals surface area contributed by atoms with E-state index in [1.165, 1.54) is 19.3 Å². The number of hydrogen-bond donors (Lipinski definition) is 2. The zero-order chi connectivity index (χ0) is 12.4. The lowest BCUT2D eigenvalue weighted by molar-refractivity contribution is 0.453. The molecule has 0 spiro atoms. The summed E-state index contributed by atoms with van der Waals surface area (Å²) in [5, 5.41) is 14.1. The van der Waals surface area contributed by atoms with Gasteiger partial charge in [0.05, 0.1) is 5.02 Å². The largest absolute Gasteiger partial charge is 0.506 e. The summed E-state index contributed by atoms with van der Waals surface area (Å²) in [6.07, 6.45) is 3.69. The second-order valence-electron chi connectivity index (χ2n) is 4.89. The van der Waals surface area contributed by atoms with Crippen LogP contribution < -0.4 is 5.32 Å². The molecule has 1 aromatic rings. The molecule has 0 aliphatic heterocycles. The second kappa shape index (κ2) is 5.47. The number of hydrogen-bond acceptors (Lipinski definition) is 2. The van der Waals surface area contributed by atoms with Crippen LogP contribution in [-0.2, 0) is 6.54 Å². The molecule has 0 heterocycles. The number of halogens is 2. The molecular weight excluding hydrogens is 257 g/mol. The van der Waals surface area contributed by atoms with Crippen LogP contribution in [0.1, 0.15) is 31.7 Å². The van der Waals surface area contributed by atoms with Gasteiger partial charge in [-0.3, -0.25) is 0 Å². The van der Waals surface area contributed by atoms with Crippen molar-refractivity contribution >= 4 is 23.2 Å². The zero-order valence-electron chi connectivity index (χ0n) is 9.84. The number of rotatable bonds is 3. The van der Waals surface area contributed by atoms with Crippen LogP contribution in [0.5, 0.6) is 5.75 Å². The maximum Gasteiger partial charge on any atom is 0.138 e. The lowest BCUT2D eigenvalue weighted by Crippen LogP contribution is -2.25. The van der Waals surface area contributed by atoms with Gasteiger partial charge in [0.1, 0.15) is 5.75 Å². The lowest BCUT2D eigenvalue weighted by Gasteiger charge is -2.14. The molecule has 1 saturated carbocycles. The highest BCUT2D eigenvalue weighted by atomic mass is 35.5. The first-order chi connectivity index (χ1) is 8.06. The molecule has 1 aliphatic rings. The van der Waals surface area contributed by atoms with Crippen LogP contribution in [0.15, 0.2) is 12.1 Å². The Labute approximate surface area is 112 Å². The van der Waals surface area contributed by atoms with E-state index in [2.05, 4.69) is 12.2 Å². The molecule has 94 valence electrons. The maximum absolute atomic E-state index is 9.82. The van der Waals surface area contributed by atoms with Gasteiger partial charge in [0, 0.05) is 23.2 Å². The molecular formula is C13H17Cl2NO. The van der Waals surface area contributed by atoms with Gasteiger partial charge in [0.25, 0.3) is 0 Å². The molecule has 4 heteroatoms. The number of aromatic hydroxyl groups is 1. The van der Waals surface area contributed by atoms with Gasteiger partial charge in [-0.2, -0.15) is 0 Å². The Morgan fingerprint density at radius 1 is 1.35 bits per heavy atom. The molecule has 17 heavy (non-hydrogen) atoms.